The maximum atomic E-state index is 13.0. The zero-order valence-corrected chi connectivity index (χ0v) is 11.7. The topological polar surface area (TPSA) is 41.1 Å². The van der Waals surface area contributed by atoms with Gasteiger partial charge in [0.15, 0.2) is 0 Å². The molecular formula is C15H14ClFN2O. The Bertz CT molecular complexity index is 631. The van der Waals surface area contributed by atoms with E-state index in [-0.39, 0.29) is 11.7 Å². The van der Waals surface area contributed by atoms with Crippen LogP contribution in [0.4, 0.5) is 10.1 Å². The summed E-state index contributed by atoms with van der Waals surface area (Å²) in [7, 11) is 1.55. The molecule has 104 valence electrons. The third-order valence-electron chi connectivity index (χ3n) is 2.83. The molecule has 0 radical (unpaired) electrons. The molecule has 0 atom stereocenters. The van der Waals surface area contributed by atoms with Crippen molar-refractivity contribution in [1.29, 1.82) is 0 Å². The molecule has 0 heterocycles. The minimum atomic E-state index is -0.266. The van der Waals surface area contributed by atoms with Gasteiger partial charge in [0.2, 0.25) is 0 Å². The highest BCUT2D eigenvalue weighted by Crippen LogP contribution is 2.21. The number of carbonyl (C=O) groups excluding carboxylic acids is 1. The Morgan fingerprint density at radius 2 is 2.05 bits per heavy atom. The van der Waals surface area contributed by atoms with E-state index in [9.17, 15) is 9.18 Å². The maximum Gasteiger partial charge on any atom is 0.252 e. The van der Waals surface area contributed by atoms with Crippen molar-refractivity contribution in [3.05, 3.63) is 64.4 Å². The highest BCUT2D eigenvalue weighted by Gasteiger charge is 2.08. The molecule has 5 heteroatoms. The molecule has 0 unspecified atom stereocenters. The van der Waals surface area contributed by atoms with Gasteiger partial charge >= 0.3 is 0 Å². The first-order valence-corrected chi connectivity index (χ1v) is 6.48. The van der Waals surface area contributed by atoms with E-state index in [1.54, 1.807) is 31.3 Å². The number of anilines is 1. The van der Waals surface area contributed by atoms with Crippen LogP contribution in [0.3, 0.4) is 0 Å². The average molecular weight is 293 g/mol. The van der Waals surface area contributed by atoms with Gasteiger partial charge in [-0.1, -0.05) is 23.7 Å². The fourth-order valence-electron chi connectivity index (χ4n) is 1.79. The molecule has 0 bridgehead atoms. The van der Waals surface area contributed by atoms with Crippen molar-refractivity contribution in [2.24, 2.45) is 0 Å². The number of carbonyl (C=O) groups is 1. The predicted octanol–water partition coefficient (Wildman–Crippen LogP) is 3.45. The molecule has 20 heavy (non-hydrogen) atoms. The minimum Gasteiger partial charge on any atom is -0.381 e. The lowest BCUT2D eigenvalue weighted by molar-refractivity contribution is 0.0963. The van der Waals surface area contributed by atoms with Crippen LogP contribution in [0.1, 0.15) is 15.9 Å². The monoisotopic (exact) mass is 292 g/mol. The zero-order chi connectivity index (χ0) is 14.5. The van der Waals surface area contributed by atoms with Crippen molar-refractivity contribution in [1.82, 2.24) is 5.32 Å². The number of rotatable bonds is 4. The molecule has 3 nitrogen and oxygen atoms in total. The Kier molecular flexibility index (Phi) is 4.58. The summed E-state index contributed by atoms with van der Waals surface area (Å²) in [6.45, 7) is 0.480. The van der Waals surface area contributed by atoms with Gasteiger partial charge in [-0.15, -0.1) is 0 Å². The van der Waals surface area contributed by atoms with Crippen LogP contribution in [0.25, 0.3) is 0 Å². The van der Waals surface area contributed by atoms with Crippen LogP contribution in [0.15, 0.2) is 42.5 Å². The van der Waals surface area contributed by atoms with Gasteiger partial charge in [-0.3, -0.25) is 4.79 Å². The Balaban J connectivity index is 2.07. The smallest absolute Gasteiger partial charge is 0.252 e. The van der Waals surface area contributed by atoms with Gasteiger partial charge in [0.1, 0.15) is 5.82 Å². The van der Waals surface area contributed by atoms with Gasteiger partial charge in [-0.05, 0) is 35.9 Å². The molecule has 0 aliphatic rings. The summed E-state index contributed by atoms with van der Waals surface area (Å²) in [5.41, 5.74) is 2.02. The lowest BCUT2D eigenvalue weighted by atomic mass is 10.1. The molecule has 0 aliphatic heterocycles. The van der Waals surface area contributed by atoms with E-state index in [2.05, 4.69) is 10.6 Å². The molecule has 2 aromatic rings. The van der Waals surface area contributed by atoms with Crippen LogP contribution in [-0.2, 0) is 6.54 Å². The van der Waals surface area contributed by atoms with Gasteiger partial charge in [-0.25, -0.2) is 4.39 Å². The van der Waals surface area contributed by atoms with Crippen LogP contribution in [0.2, 0.25) is 5.02 Å². The number of halogens is 2. The molecule has 0 aromatic heterocycles. The van der Waals surface area contributed by atoms with Gasteiger partial charge in [0, 0.05) is 19.3 Å². The third kappa shape index (κ3) is 3.48. The number of nitrogens with one attached hydrogen (secondary N) is 2. The van der Waals surface area contributed by atoms with Gasteiger partial charge in [-0.2, -0.15) is 0 Å². The quantitative estimate of drug-likeness (QED) is 0.906. The molecule has 2 rings (SSSR count). The second-order valence-electron chi connectivity index (χ2n) is 4.26. The molecule has 0 saturated heterocycles. The third-order valence-corrected chi connectivity index (χ3v) is 3.14. The second-order valence-corrected chi connectivity index (χ2v) is 4.66. The van der Waals surface area contributed by atoms with E-state index in [1.165, 1.54) is 12.1 Å². The highest BCUT2D eigenvalue weighted by atomic mass is 35.5. The Morgan fingerprint density at radius 1 is 1.25 bits per heavy atom. The van der Waals surface area contributed by atoms with Crippen LogP contribution < -0.4 is 10.6 Å². The van der Waals surface area contributed by atoms with E-state index in [1.807, 2.05) is 6.07 Å². The zero-order valence-electron chi connectivity index (χ0n) is 10.9. The molecule has 2 aromatic carbocycles. The Morgan fingerprint density at radius 3 is 2.70 bits per heavy atom. The summed E-state index contributed by atoms with van der Waals surface area (Å²) >= 11 is 6.05. The summed E-state index contributed by atoms with van der Waals surface area (Å²) in [6, 6.07) is 11.4. The molecule has 0 spiro atoms. The van der Waals surface area contributed by atoms with Crippen molar-refractivity contribution in [2.75, 3.05) is 12.4 Å². The van der Waals surface area contributed by atoms with Gasteiger partial charge < -0.3 is 10.6 Å². The van der Waals surface area contributed by atoms with Gasteiger partial charge in [0.25, 0.3) is 5.91 Å². The van der Waals surface area contributed by atoms with Crippen molar-refractivity contribution in [2.45, 2.75) is 6.54 Å². The average Bonchev–Trinajstić information content (AvgIpc) is 2.44. The Hall–Kier alpha value is -2.07. The normalized spacial score (nSPS) is 10.2. The van der Waals surface area contributed by atoms with Gasteiger partial charge in [0.05, 0.1) is 10.6 Å². The molecule has 0 fully saturated rings. The standard InChI is InChI=1S/C15H14ClFN2O/c1-18-15(20)13-6-5-12(8-14(13)16)19-9-10-3-2-4-11(17)7-10/h2-8,19H,9H2,1H3,(H,18,20). The summed E-state index contributed by atoms with van der Waals surface area (Å²) in [5, 5.41) is 6.02. The fraction of sp³-hybridized carbons (Fsp3) is 0.133. The van der Waals surface area contributed by atoms with Crippen LogP contribution in [0.5, 0.6) is 0 Å². The van der Waals surface area contributed by atoms with E-state index in [0.29, 0.717) is 17.1 Å². The second kappa shape index (κ2) is 6.39. The number of hydrogen-bond acceptors (Lipinski definition) is 2. The lowest BCUT2D eigenvalue weighted by Crippen LogP contribution is -2.18. The lowest BCUT2D eigenvalue weighted by Gasteiger charge is -2.09. The van der Waals surface area contributed by atoms with Crippen molar-refractivity contribution in [3.63, 3.8) is 0 Å². The van der Waals surface area contributed by atoms with Crippen molar-refractivity contribution >= 4 is 23.2 Å². The fourth-order valence-corrected chi connectivity index (χ4v) is 2.06. The first-order chi connectivity index (χ1) is 9.60. The summed E-state index contributed by atoms with van der Waals surface area (Å²) in [5.74, 6) is -0.496. The summed E-state index contributed by atoms with van der Waals surface area (Å²) < 4.78 is 13.0. The predicted molar refractivity (Wildman–Crippen MR) is 78.6 cm³/mol. The molecule has 1 amide bonds. The SMILES string of the molecule is CNC(=O)c1ccc(NCc2cccc(F)c2)cc1Cl. The minimum absolute atomic E-state index is 0.230. The number of hydrogen-bond donors (Lipinski definition) is 2. The molecule has 0 aliphatic carbocycles. The summed E-state index contributed by atoms with van der Waals surface area (Å²) in [6.07, 6.45) is 0. The first kappa shape index (κ1) is 14.3. The van der Waals surface area contributed by atoms with E-state index in [0.717, 1.165) is 11.3 Å². The number of benzene rings is 2. The number of amides is 1. The first-order valence-electron chi connectivity index (χ1n) is 6.10. The highest BCUT2D eigenvalue weighted by molar-refractivity contribution is 6.34. The molecule has 2 N–H and O–H groups in total. The summed E-state index contributed by atoms with van der Waals surface area (Å²) in [4.78, 5) is 11.5. The van der Waals surface area contributed by atoms with Crippen molar-refractivity contribution < 1.29 is 9.18 Å². The Labute approximate surface area is 121 Å². The van der Waals surface area contributed by atoms with Crippen LogP contribution in [-0.4, -0.2) is 13.0 Å². The van der Waals surface area contributed by atoms with E-state index < -0.39 is 0 Å². The van der Waals surface area contributed by atoms with E-state index in [4.69, 9.17) is 11.6 Å². The largest absolute Gasteiger partial charge is 0.381 e. The van der Waals surface area contributed by atoms with E-state index >= 15 is 0 Å². The van der Waals surface area contributed by atoms with Crippen LogP contribution >= 0.6 is 11.6 Å². The van der Waals surface area contributed by atoms with Crippen LogP contribution in [0, 0.1) is 5.82 Å². The van der Waals surface area contributed by atoms with Crippen molar-refractivity contribution in [3.8, 4) is 0 Å². The maximum absolute atomic E-state index is 13.0. The molecule has 0 saturated carbocycles. The molecular weight excluding hydrogens is 279 g/mol.